The average Bonchev–Trinajstić information content (AvgIpc) is 2.96. The maximum atomic E-state index is 12.0. The number of nitrogens with zero attached hydrogens (tertiary/aromatic N) is 1. The Bertz CT molecular complexity index is 726. The average molecular weight is 319 g/mol. The van der Waals surface area contributed by atoms with Crippen molar-refractivity contribution in [3.63, 3.8) is 0 Å². The minimum Gasteiger partial charge on any atom is -0.478 e. The Labute approximate surface area is 130 Å². The van der Waals surface area contributed by atoms with Crippen LogP contribution >= 0.6 is 11.3 Å². The first-order valence-electron chi connectivity index (χ1n) is 6.39. The van der Waals surface area contributed by atoms with Crippen LogP contribution < -0.4 is 10.6 Å². The fourth-order valence-corrected chi connectivity index (χ4v) is 2.28. The zero-order valence-corrected chi connectivity index (χ0v) is 12.4. The molecule has 0 aliphatic rings. The van der Waals surface area contributed by atoms with Gasteiger partial charge in [-0.3, -0.25) is 9.59 Å². The van der Waals surface area contributed by atoms with E-state index in [4.69, 9.17) is 5.11 Å². The van der Waals surface area contributed by atoms with Crippen LogP contribution in [0.15, 0.2) is 29.6 Å². The summed E-state index contributed by atoms with van der Waals surface area (Å²) in [7, 11) is 0. The lowest BCUT2D eigenvalue weighted by molar-refractivity contribution is -0.115. The highest BCUT2D eigenvalue weighted by Crippen LogP contribution is 2.17. The summed E-state index contributed by atoms with van der Waals surface area (Å²) in [5, 5.41) is 15.9. The molecule has 0 unspecified atom stereocenters. The molecule has 114 valence electrons. The molecule has 1 aromatic carbocycles. The maximum Gasteiger partial charge on any atom is 0.335 e. The molecule has 0 atom stereocenters. The fraction of sp³-hybridized carbons (Fsp3) is 0.143. The molecule has 0 aliphatic carbocycles. The van der Waals surface area contributed by atoms with Gasteiger partial charge in [0.1, 0.15) is 5.69 Å². The van der Waals surface area contributed by atoms with E-state index < -0.39 is 11.9 Å². The second-order valence-corrected chi connectivity index (χ2v) is 5.14. The predicted molar refractivity (Wildman–Crippen MR) is 82.4 cm³/mol. The van der Waals surface area contributed by atoms with Crippen LogP contribution in [0, 0.1) is 0 Å². The summed E-state index contributed by atoms with van der Waals surface area (Å²) in [6, 6.07) is 5.90. The summed E-state index contributed by atoms with van der Waals surface area (Å²) in [5.41, 5.74) is 0.584. The van der Waals surface area contributed by atoms with Crippen LogP contribution in [0.1, 0.15) is 34.2 Å². The smallest absolute Gasteiger partial charge is 0.335 e. The van der Waals surface area contributed by atoms with Gasteiger partial charge in [-0.25, -0.2) is 9.78 Å². The van der Waals surface area contributed by atoms with Gasteiger partial charge in [-0.05, 0) is 18.2 Å². The molecule has 22 heavy (non-hydrogen) atoms. The van der Waals surface area contributed by atoms with Gasteiger partial charge in [0, 0.05) is 17.5 Å². The minimum absolute atomic E-state index is 0.0759. The van der Waals surface area contributed by atoms with Crippen molar-refractivity contribution in [1.82, 2.24) is 4.98 Å². The van der Waals surface area contributed by atoms with E-state index in [9.17, 15) is 14.4 Å². The van der Waals surface area contributed by atoms with Gasteiger partial charge in [-0.15, -0.1) is 11.3 Å². The summed E-state index contributed by atoms with van der Waals surface area (Å²) in [4.78, 5) is 38.2. The molecule has 0 saturated heterocycles. The normalized spacial score (nSPS) is 10.0. The van der Waals surface area contributed by atoms with E-state index in [1.54, 1.807) is 13.0 Å². The first-order chi connectivity index (χ1) is 10.5. The monoisotopic (exact) mass is 319 g/mol. The largest absolute Gasteiger partial charge is 0.478 e. The second kappa shape index (κ2) is 6.81. The minimum atomic E-state index is -1.07. The third-order valence-corrected chi connectivity index (χ3v) is 3.43. The van der Waals surface area contributed by atoms with Crippen molar-refractivity contribution in [3.8, 4) is 0 Å². The number of benzene rings is 1. The maximum absolute atomic E-state index is 12.0. The van der Waals surface area contributed by atoms with E-state index in [1.807, 2.05) is 0 Å². The molecule has 0 aliphatic heterocycles. The predicted octanol–water partition coefficient (Wildman–Crippen LogP) is 2.44. The summed E-state index contributed by atoms with van der Waals surface area (Å²) in [6.45, 7) is 1.71. The van der Waals surface area contributed by atoms with E-state index in [0.29, 0.717) is 17.2 Å². The van der Waals surface area contributed by atoms with Crippen molar-refractivity contribution >= 4 is 39.9 Å². The van der Waals surface area contributed by atoms with Gasteiger partial charge in [-0.2, -0.15) is 0 Å². The number of hydrogen-bond donors (Lipinski definition) is 3. The van der Waals surface area contributed by atoms with E-state index in [1.165, 1.54) is 23.6 Å². The summed E-state index contributed by atoms with van der Waals surface area (Å²) < 4.78 is 0. The number of anilines is 2. The number of carboxylic acid groups (broad SMARTS) is 1. The first-order valence-corrected chi connectivity index (χ1v) is 7.27. The number of nitrogens with one attached hydrogen (secondary N) is 2. The molecule has 0 radical (unpaired) electrons. The highest BCUT2D eigenvalue weighted by Gasteiger charge is 2.13. The standard InChI is InChI=1S/C14H13N3O4S/c1-2-11(18)17-14-16-10(7-22-14)12(19)15-9-5-3-4-8(6-9)13(20)21/h3-7H,2H2,1H3,(H,15,19)(H,20,21)(H,16,17,18). The number of thiazole rings is 1. The highest BCUT2D eigenvalue weighted by atomic mass is 32.1. The topological polar surface area (TPSA) is 108 Å². The Balaban J connectivity index is 2.08. The van der Waals surface area contributed by atoms with Crippen LogP contribution in [-0.4, -0.2) is 27.9 Å². The number of amides is 2. The van der Waals surface area contributed by atoms with Crippen molar-refractivity contribution < 1.29 is 19.5 Å². The van der Waals surface area contributed by atoms with Crippen molar-refractivity contribution in [1.29, 1.82) is 0 Å². The van der Waals surface area contributed by atoms with E-state index >= 15 is 0 Å². The van der Waals surface area contributed by atoms with Crippen molar-refractivity contribution in [2.45, 2.75) is 13.3 Å². The second-order valence-electron chi connectivity index (χ2n) is 4.28. The molecule has 0 saturated carbocycles. The van der Waals surface area contributed by atoms with Crippen LogP contribution in [0.2, 0.25) is 0 Å². The third-order valence-electron chi connectivity index (χ3n) is 2.67. The quantitative estimate of drug-likeness (QED) is 0.784. The highest BCUT2D eigenvalue weighted by molar-refractivity contribution is 7.14. The Morgan fingerprint density at radius 1 is 1.27 bits per heavy atom. The fourth-order valence-electron chi connectivity index (χ4n) is 1.57. The Morgan fingerprint density at radius 3 is 2.73 bits per heavy atom. The molecule has 2 amide bonds. The van der Waals surface area contributed by atoms with Crippen LogP contribution in [0.5, 0.6) is 0 Å². The molecule has 8 heteroatoms. The van der Waals surface area contributed by atoms with Crippen LogP contribution in [0.4, 0.5) is 10.8 Å². The molecule has 1 aromatic heterocycles. The Hall–Kier alpha value is -2.74. The Kier molecular flexibility index (Phi) is 4.84. The summed E-state index contributed by atoms with van der Waals surface area (Å²) >= 11 is 1.14. The zero-order valence-electron chi connectivity index (χ0n) is 11.6. The molecule has 3 N–H and O–H groups in total. The lowest BCUT2D eigenvalue weighted by atomic mass is 10.2. The third kappa shape index (κ3) is 3.89. The number of aromatic carboxylic acids is 1. The number of carbonyl (C=O) groups is 3. The number of carbonyl (C=O) groups excluding carboxylic acids is 2. The van der Waals surface area contributed by atoms with Crippen LogP contribution in [0.25, 0.3) is 0 Å². The molecule has 7 nitrogen and oxygen atoms in total. The molecule has 2 rings (SSSR count). The number of rotatable bonds is 5. The van der Waals surface area contributed by atoms with Gasteiger partial charge < -0.3 is 15.7 Å². The zero-order chi connectivity index (χ0) is 16.1. The van der Waals surface area contributed by atoms with Crippen molar-refractivity contribution in [2.24, 2.45) is 0 Å². The van der Waals surface area contributed by atoms with Crippen molar-refractivity contribution in [2.75, 3.05) is 10.6 Å². The molecular formula is C14H13N3O4S. The number of aromatic nitrogens is 1. The van der Waals surface area contributed by atoms with E-state index in [0.717, 1.165) is 11.3 Å². The molecular weight excluding hydrogens is 306 g/mol. The summed E-state index contributed by atoms with van der Waals surface area (Å²) in [5.74, 6) is -1.74. The van der Waals surface area contributed by atoms with Gasteiger partial charge in [0.2, 0.25) is 5.91 Å². The summed E-state index contributed by atoms with van der Waals surface area (Å²) in [6.07, 6.45) is 0.323. The lowest BCUT2D eigenvalue weighted by Crippen LogP contribution is -2.14. The van der Waals surface area contributed by atoms with Gasteiger partial charge >= 0.3 is 5.97 Å². The van der Waals surface area contributed by atoms with Gasteiger partial charge in [-0.1, -0.05) is 13.0 Å². The van der Waals surface area contributed by atoms with E-state index in [2.05, 4.69) is 15.6 Å². The van der Waals surface area contributed by atoms with Crippen molar-refractivity contribution in [3.05, 3.63) is 40.9 Å². The van der Waals surface area contributed by atoms with Gasteiger partial charge in [0.25, 0.3) is 5.91 Å². The molecule has 2 aromatic rings. The SMILES string of the molecule is CCC(=O)Nc1nc(C(=O)Nc2cccc(C(=O)O)c2)cs1. The molecule has 0 spiro atoms. The van der Waals surface area contributed by atoms with E-state index in [-0.39, 0.29) is 17.2 Å². The van der Waals surface area contributed by atoms with Crippen LogP contribution in [0.3, 0.4) is 0 Å². The molecule has 1 heterocycles. The van der Waals surface area contributed by atoms with Crippen LogP contribution in [-0.2, 0) is 4.79 Å². The lowest BCUT2D eigenvalue weighted by Gasteiger charge is -2.04. The number of hydrogen-bond acceptors (Lipinski definition) is 5. The van der Waals surface area contributed by atoms with Gasteiger partial charge in [0.05, 0.1) is 5.56 Å². The first kappa shape index (κ1) is 15.6. The number of carboxylic acids is 1. The molecule has 0 bridgehead atoms. The van der Waals surface area contributed by atoms with Gasteiger partial charge in [0.15, 0.2) is 5.13 Å². The Morgan fingerprint density at radius 2 is 2.05 bits per heavy atom. The molecule has 0 fully saturated rings.